The van der Waals surface area contributed by atoms with Gasteiger partial charge in [-0.3, -0.25) is 9.69 Å². The summed E-state index contributed by atoms with van der Waals surface area (Å²) < 4.78 is 0. The van der Waals surface area contributed by atoms with Gasteiger partial charge in [-0.15, -0.1) is 0 Å². The third-order valence-electron chi connectivity index (χ3n) is 1.66. The first kappa shape index (κ1) is 7.54. The normalized spacial score (nSPS) is 20.7. The lowest BCUT2D eigenvalue weighted by Crippen LogP contribution is -2.47. The Hall–Kier alpha value is -0.570. The van der Waals surface area contributed by atoms with Crippen molar-refractivity contribution >= 4 is 5.91 Å². The van der Waals surface area contributed by atoms with Gasteiger partial charge in [0.15, 0.2) is 0 Å². The Morgan fingerprint density at radius 2 is 2.50 bits per heavy atom. The van der Waals surface area contributed by atoms with Crippen molar-refractivity contribution in [1.29, 1.82) is 0 Å². The molecular weight excluding hydrogens is 128 g/mol. The highest BCUT2D eigenvalue weighted by Crippen LogP contribution is 1.93. The number of carbonyl (C=O) groups is 1. The topological polar surface area (TPSA) is 32.3 Å². The second-order valence-corrected chi connectivity index (χ2v) is 2.63. The van der Waals surface area contributed by atoms with E-state index in [1.807, 2.05) is 0 Å². The average molecular weight is 142 g/mol. The molecule has 1 aliphatic rings. The molecule has 0 unspecified atom stereocenters. The molecule has 58 valence electrons. The number of carbonyl (C=O) groups excluding carboxylic acids is 1. The Balaban J connectivity index is 2.25. The summed E-state index contributed by atoms with van der Waals surface area (Å²) in [4.78, 5) is 13.0. The molecule has 1 amide bonds. The summed E-state index contributed by atoms with van der Waals surface area (Å²) >= 11 is 0. The summed E-state index contributed by atoms with van der Waals surface area (Å²) in [5.74, 6) is 0.166. The van der Waals surface area contributed by atoms with E-state index in [0.717, 1.165) is 26.1 Å². The van der Waals surface area contributed by atoms with Gasteiger partial charge < -0.3 is 5.32 Å². The molecule has 1 saturated heterocycles. The smallest absolute Gasteiger partial charge is 0.234 e. The van der Waals surface area contributed by atoms with Crippen molar-refractivity contribution in [3.05, 3.63) is 0 Å². The summed E-state index contributed by atoms with van der Waals surface area (Å²) in [5.41, 5.74) is 0. The summed E-state index contributed by atoms with van der Waals surface area (Å²) in [6.45, 7) is 5.60. The van der Waals surface area contributed by atoms with E-state index in [1.54, 1.807) is 0 Å². The Bertz CT molecular complexity index is 123. The second kappa shape index (κ2) is 3.56. The fourth-order valence-corrected chi connectivity index (χ4v) is 1.20. The van der Waals surface area contributed by atoms with E-state index in [2.05, 4.69) is 17.1 Å². The van der Waals surface area contributed by atoms with Crippen LogP contribution in [0.15, 0.2) is 0 Å². The Morgan fingerprint density at radius 3 is 3.10 bits per heavy atom. The van der Waals surface area contributed by atoms with Crippen molar-refractivity contribution in [3.63, 3.8) is 0 Å². The molecule has 0 saturated carbocycles. The van der Waals surface area contributed by atoms with Crippen molar-refractivity contribution in [2.45, 2.75) is 13.3 Å². The van der Waals surface area contributed by atoms with Crippen LogP contribution in [0.4, 0.5) is 0 Å². The standard InChI is InChI=1S/C7H14N2O/c1-2-4-9-5-3-8-7(10)6-9/h2-6H2,1H3,(H,8,10). The lowest BCUT2D eigenvalue weighted by atomic mass is 10.3. The van der Waals surface area contributed by atoms with Gasteiger partial charge in [0.05, 0.1) is 6.54 Å². The van der Waals surface area contributed by atoms with Crippen molar-refractivity contribution in [2.24, 2.45) is 0 Å². The van der Waals surface area contributed by atoms with Gasteiger partial charge in [-0.1, -0.05) is 6.92 Å². The van der Waals surface area contributed by atoms with Crippen molar-refractivity contribution < 1.29 is 4.79 Å². The first-order valence-electron chi connectivity index (χ1n) is 3.82. The molecule has 0 spiro atoms. The van der Waals surface area contributed by atoms with Gasteiger partial charge in [0.2, 0.25) is 5.91 Å². The van der Waals surface area contributed by atoms with E-state index in [-0.39, 0.29) is 5.91 Å². The maximum atomic E-state index is 10.8. The van der Waals surface area contributed by atoms with Crippen LogP contribution in [0.1, 0.15) is 13.3 Å². The molecule has 0 atom stereocenters. The van der Waals surface area contributed by atoms with Gasteiger partial charge in [0.1, 0.15) is 0 Å². The number of piperazine rings is 1. The first-order valence-corrected chi connectivity index (χ1v) is 3.82. The van der Waals surface area contributed by atoms with Crippen molar-refractivity contribution in [1.82, 2.24) is 10.2 Å². The van der Waals surface area contributed by atoms with Crippen molar-refractivity contribution in [3.8, 4) is 0 Å². The van der Waals surface area contributed by atoms with E-state index in [4.69, 9.17) is 0 Å². The van der Waals surface area contributed by atoms with E-state index >= 15 is 0 Å². The highest BCUT2D eigenvalue weighted by Gasteiger charge is 2.13. The Morgan fingerprint density at radius 1 is 1.70 bits per heavy atom. The number of hydrogen-bond donors (Lipinski definition) is 1. The maximum Gasteiger partial charge on any atom is 0.234 e. The number of nitrogens with one attached hydrogen (secondary N) is 1. The van der Waals surface area contributed by atoms with Crippen LogP contribution in [0.2, 0.25) is 0 Å². The van der Waals surface area contributed by atoms with E-state index < -0.39 is 0 Å². The zero-order chi connectivity index (χ0) is 7.40. The fourth-order valence-electron chi connectivity index (χ4n) is 1.20. The largest absolute Gasteiger partial charge is 0.354 e. The molecule has 3 heteroatoms. The van der Waals surface area contributed by atoms with Crippen LogP contribution in [-0.4, -0.2) is 37.0 Å². The molecule has 0 aromatic carbocycles. The van der Waals surface area contributed by atoms with Gasteiger partial charge >= 0.3 is 0 Å². The van der Waals surface area contributed by atoms with E-state index in [0.29, 0.717) is 6.54 Å². The zero-order valence-corrected chi connectivity index (χ0v) is 6.39. The van der Waals surface area contributed by atoms with Gasteiger partial charge in [-0.05, 0) is 13.0 Å². The molecule has 1 heterocycles. The predicted molar refractivity (Wildman–Crippen MR) is 39.7 cm³/mol. The molecule has 1 fully saturated rings. The lowest BCUT2D eigenvalue weighted by Gasteiger charge is -2.25. The molecule has 0 bridgehead atoms. The van der Waals surface area contributed by atoms with Crippen LogP contribution in [0.5, 0.6) is 0 Å². The van der Waals surface area contributed by atoms with Crippen LogP contribution in [0.25, 0.3) is 0 Å². The molecule has 1 rings (SSSR count). The summed E-state index contributed by atoms with van der Waals surface area (Å²) in [5, 5.41) is 2.79. The monoisotopic (exact) mass is 142 g/mol. The van der Waals surface area contributed by atoms with Crippen molar-refractivity contribution in [2.75, 3.05) is 26.2 Å². The Labute approximate surface area is 61.4 Å². The molecule has 3 nitrogen and oxygen atoms in total. The molecule has 0 radical (unpaired) electrons. The summed E-state index contributed by atoms with van der Waals surface area (Å²) in [6.07, 6.45) is 1.13. The molecule has 0 aromatic heterocycles. The molecular formula is C7H14N2O. The third kappa shape index (κ3) is 1.99. The average Bonchev–Trinajstić information content (AvgIpc) is 1.88. The van der Waals surface area contributed by atoms with Crippen LogP contribution < -0.4 is 5.32 Å². The molecule has 1 aliphatic heterocycles. The highest BCUT2D eigenvalue weighted by molar-refractivity contribution is 5.78. The second-order valence-electron chi connectivity index (χ2n) is 2.63. The van der Waals surface area contributed by atoms with Crippen LogP contribution >= 0.6 is 0 Å². The molecule has 0 aromatic rings. The van der Waals surface area contributed by atoms with Gasteiger partial charge in [0, 0.05) is 13.1 Å². The first-order chi connectivity index (χ1) is 4.83. The van der Waals surface area contributed by atoms with E-state index in [9.17, 15) is 4.79 Å². The minimum absolute atomic E-state index is 0.166. The molecule has 1 N–H and O–H groups in total. The quantitative estimate of drug-likeness (QED) is 0.580. The van der Waals surface area contributed by atoms with Gasteiger partial charge in [0.25, 0.3) is 0 Å². The number of rotatable bonds is 2. The molecule has 0 aliphatic carbocycles. The number of nitrogens with zero attached hydrogens (tertiary/aromatic N) is 1. The van der Waals surface area contributed by atoms with E-state index in [1.165, 1.54) is 0 Å². The summed E-state index contributed by atoms with van der Waals surface area (Å²) in [6, 6.07) is 0. The lowest BCUT2D eigenvalue weighted by molar-refractivity contribution is -0.124. The summed E-state index contributed by atoms with van der Waals surface area (Å²) in [7, 11) is 0. The van der Waals surface area contributed by atoms with Crippen LogP contribution in [-0.2, 0) is 4.79 Å². The van der Waals surface area contributed by atoms with Gasteiger partial charge in [-0.2, -0.15) is 0 Å². The predicted octanol–water partition coefficient (Wildman–Crippen LogP) is -0.172. The highest BCUT2D eigenvalue weighted by atomic mass is 16.2. The minimum Gasteiger partial charge on any atom is -0.354 e. The third-order valence-corrected chi connectivity index (χ3v) is 1.66. The number of hydrogen-bond acceptors (Lipinski definition) is 2. The fraction of sp³-hybridized carbons (Fsp3) is 0.857. The maximum absolute atomic E-state index is 10.8. The van der Waals surface area contributed by atoms with Gasteiger partial charge in [-0.25, -0.2) is 0 Å². The van der Waals surface area contributed by atoms with Crippen LogP contribution in [0, 0.1) is 0 Å². The SMILES string of the molecule is CCCN1CCNC(=O)C1. The molecule has 10 heavy (non-hydrogen) atoms. The number of amides is 1. The van der Waals surface area contributed by atoms with Crippen LogP contribution in [0.3, 0.4) is 0 Å². The zero-order valence-electron chi connectivity index (χ0n) is 6.39. The Kier molecular flexibility index (Phi) is 2.68. The minimum atomic E-state index is 0.166.